The van der Waals surface area contributed by atoms with Gasteiger partial charge in [-0.05, 0) is 74.5 Å². The monoisotopic (exact) mass is 724 g/mol. The Hall–Kier alpha value is -3.52. The van der Waals surface area contributed by atoms with Gasteiger partial charge in [0.2, 0.25) is 0 Å². The molecule has 0 N–H and O–H groups in total. The molecule has 266 valence electrons. The van der Waals surface area contributed by atoms with Crippen LogP contribution in [0.25, 0.3) is 11.1 Å². The molecule has 3 aromatic rings. The van der Waals surface area contributed by atoms with E-state index in [2.05, 4.69) is 6.07 Å². The summed E-state index contributed by atoms with van der Waals surface area (Å²) in [6.45, 7) is 15.9. The summed E-state index contributed by atoms with van der Waals surface area (Å²) in [6.07, 6.45) is -1.98. The molecule has 3 aliphatic rings. The Labute approximate surface area is 298 Å². The molecule has 6 nitrogen and oxygen atoms in total. The number of alkyl halides is 1. The van der Waals surface area contributed by atoms with Gasteiger partial charge in [0.15, 0.2) is 13.9 Å². The fourth-order valence-electron chi connectivity index (χ4n) is 7.35. The van der Waals surface area contributed by atoms with Crippen molar-refractivity contribution in [2.45, 2.75) is 115 Å². The molecule has 1 aliphatic carbocycles. The van der Waals surface area contributed by atoms with Crippen molar-refractivity contribution in [1.29, 1.82) is 5.26 Å². The van der Waals surface area contributed by atoms with Crippen LogP contribution in [0.3, 0.4) is 0 Å². The summed E-state index contributed by atoms with van der Waals surface area (Å²) in [5.74, 6) is -1.55. The molecule has 0 bridgehead atoms. The second kappa shape index (κ2) is 12.6. The zero-order chi connectivity index (χ0) is 36.6. The van der Waals surface area contributed by atoms with Crippen LogP contribution in [0.2, 0.25) is 23.2 Å². The van der Waals surface area contributed by atoms with Crippen LogP contribution in [0.1, 0.15) is 88.3 Å². The second-order valence-corrected chi connectivity index (χ2v) is 21.3. The summed E-state index contributed by atoms with van der Waals surface area (Å²) in [7, 11) is -2.49. The number of rotatable bonds is 5. The number of hydrogen-bond acceptors (Lipinski definition) is 5. The van der Waals surface area contributed by atoms with Crippen LogP contribution in [-0.4, -0.2) is 43.7 Å². The Morgan fingerprint density at radius 3 is 2.38 bits per heavy atom. The summed E-state index contributed by atoms with van der Waals surface area (Å²) >= 11 is 6.72. The lowest BCUT2D eigenvalue weighted by molar-refractivity contribution is -0.0216. The molecule has 0 spiro atoms. The van der Waals surface area contributed by atoms with Gasteiger partial charge in [0.05, 0.1) is 22.7 Å². The third-order valence-corrected chi connectivity index (χ3v) is 15.6. The van der Waals surface area contributed by atoms with E-state index in [0.717, 1.165) is 5.56 Å². The minimum Gasteiger partial charge on any atom is -0.480 e. The molecule has 6 rings (SSSR count). The SMILES string of the molecule is CC(C)(C)OC(=O)N1CCC[C@H]1[C@@]1(c2ccccc2)Cc2c(cc(F)c(Cl)c2-c2c(C#N)cc3c(c2F)C[C@@H](F)[C@@H]3O[Si](C)(C)C(C)(C)C)O1. The van der Waals surface area contributed by atoms with Gasteiger partial charge in [-0.3, -0.25) is 0 Å². The molecule has 50 heavy (non-hydrogen) atoms. The summed E-state index contributed by atoms with van der Waals surface area (Å²) < 4.78 is 67.6. The summed E-state index contributed by atoms with van der Waals surface area (Å²) in [6, 6.07) is 13.6. The van der Waals surface area contributed by atoms with Gasteiger partial charge in [0, 0.05) is 42.1 Å². The van der Waals surface area contributed by atoms with E-state index in [1.165, 1.54) is 12.1 Å². The van der Waals surface area contributed by atoms with Crippen molar-refractivity contribution in [2.75, 3.05) is 6.54 Å². The van der Waals surface area contributed by atoms with E-state index in [1.54, 1.807) is 25.7 Å². The largest absolute Gasteiger partial charge is 0.480 e. The number of nitriles is 1. The normalized spacial score (nSPS) is 23.3. The van der Waals surface area contributed by atoms with Gasteiger partial charge < -0.3 is 18.8 Å². The number of amides is 1. The second-order valence-electron chi connectivity index (χ2n) is 16.2. The van der Waals surface area contributed by atoms with Crippen LogP contribution in [0.4, 0.5) is 18.0 Å². The summed E-state index contributed by atoms with van der Waals surface area (Å²) in [4.78, 5) is 15.2. The molecule has 0 saturated carbocycles. The molecular weight excluding hydrogens is 681 g/mol. The van der Waals surface area contributed by atoms with Crippen molar-refractivity contribution >= 4 is 26.0 Å². The number of halogens is 4. The van der Waals surface area contributed by atoms with E-state index >= 15 is 13.2 Å². The van der Waals surface area contributed by atoms with Gasteiger partial charge in [-0.1, -0.05) is 62.7 Å². The maximum absolute atomic E-state index is 17.0. The quantitative estimate of drug-likeness (QED) is 0.245. The Morgan fingerprint density at radius 1 is 1.08 bits per heavy atom. The average molecular weight is 725 g/mol. The maximum atomic E-state index is 17.0. The molecule has 0 unspecified atom stereocenters. The fraction of sp³-hybridized carbons (Fsp3) is 0.487. The van der Waals surface area contributed by atoms with Crippen molar-refractivity contribution < 1.29 is 31.9 Å². The van der Waals surface area contributed by atoms with E-state index in [4.69, 9.17) is 25.5 Å². The van der Waals surface area contributed by atoms with Crippen LogP contribution in [0, 0.1) is 23.0 Å². The van der Waals surface area contributed by atoms with Crippen LogP contribution in [0.5, 0.6) is 5.75 Å². The minimum atomic E-state index is -2.49. The highest BCUT2D eigenvalue weighted by Gasteiger charge is 2.54. The topological polar surface area (TPSA) is 71.8 Å². The first-order chi connectivity index (χ1) is 23.3. The molecule has 2 heterocycles. The molecular formula is C39H44ClF3N2O4Si. The molecule has 4 atom stereocenters. The summed E-state index contributed by atoms with van der Waals surface area (Å²) in [5, 5.41) is 9.83. The van der Waals surface area contributed by atoms with Crippen molar-refractivity contribution in [3.05, 3.63) is 86.9 Å². The zero-order valence-corrected chi connectivity index (χ0v) is 31.6. The molecule has 0 aromatic heterocycles. The van der Waals surface area contributed by atoms with Crippen LogP contribution in [-0.2, 0) is 27.6 Å². The van der Waals surface area contributed by atoms with Gasteiger partial charge in [-0.25, -0.2) is 18.0 Å². The standard InChI is InChI=1S/C39H44ClF3N2O4Si/c1-37(2,3)48-36(46)45-16-12-15-30(45)39(23-13-10-9-11-14-23)20-26-29(47-39)19-27(41)33(40)32(26)31-22(21-44)17-25-24(34(31)43)18-28(42)35(25)49-50(7,8)38(4,5)6/h9-11,13-14,17,19,28,30,35H,12,15-16,18,20H2,1-8H3/t28-,30+,35-,39+/m1/s1. The third-order valence-electron chi connectivity index (χ3n) is 10.7. The van der Waals surface area contributed by atoms with Crippen LogP contribution in [0.15, 0.2) is 42.5 Å². The minimum absolute atomic E-state index is 0.0117. The highest BCUT2D eigenvalue weighted by atomic mass is 35.5. The first kappa shape index (κ1) is 36.3. The van der Waals surface area contributed by atoms with Gasteiger partial charge in [0.25, 0.3) is 0 Å². The van der Waals surface area contributed by atoms with Crippen molar-refractivity contribution in [3.8, 4) is 22.9 Å². The Bertz CT molecular complexity index is 1890. The van der Waals surface area contributed by atoms with E-state index in [0.29, 0.717) is 24.9 Å². The molecule has 1 amide bonds. The van der Waals surface area contributed by atoms with E-state index in [-0.39, 0.29) is 56.5 Å². The van der Waals surface area contributed by atoms with Gasteiger partial charge in [-0.2, -0.15) is 5.26 Å². The lowest BCUT2D eigenvalue weighted by Gasteiger charge is -2.40. The van der Waals surface area contributed by atoms with Gasteiger partial charge >= 0.3 is 6.09 Å². The molecule has 2 aliphatic heterocycles. The Balaban J connectivity index is 1.51. The van der Waals surface area contributed by atoms with Crippen molar-refractivity contribution in [3.63, 3.8) is 0 Å². The van der Waals surface area contributed by atoms with Crippen molar-refractivity contribution in [1.82, 2.24) is 4.90 Å². The van der Waals surface area contributed by atoms with E-state index in [9.17, 15) is 10.1 Å². The predicted octanol–water partition coefficient (Wildman–Crippen LogP) is 10.3. The molecule has 1 fully saturated rings. The van der Waals surface area contributed by atoms with Crippen LogP contribution < -0.4 is 4.74 Å². The lowest BCUT2D eigenvalue weighted by atomic mass is 9.79. The van der Waals surface area contributed by atoms with E-state index < -0.39 is 55.6 Å². The number of likely N-dealkylation sites (tertiary alicyclic amines) is 1. The molecule has 0 radical (unpaired) electrons. The number of nitrogens with zero attached hydrogens (tertiary/aromatic N) is 2. The average Bonchev–Trinajstić information content (AvgIpc) is 3.74. The number of hydrogen-bond donors (Lipinski definition) is 0. The van der Waals surface area contributed by atoms with Crippen LogP contribution >= 0.6 is 11.6 Å². The predicted molar refractivity (Wildman–Crippen MR) is 190 cm³/mol. The Kier molecular flexibility index (Phi) is 9.15. The number of ether oxygens (including phenoxy) is 2. The number of carbonyl (C=O) groups excluding carboxylic acids is 1. The smallest absolute Gasteiger partial charge is 0.410 e. The lowest BCUT2D eigenvalue weighted by Crippen LogP contribution is -2.53. The highest BCUT2D eigenvalue weighted by molar-refractivity contribution is 6.74. The molecule has 11 heteroatoms. The van der Waals surface area contributed by atoms with Crippen molar-refractivity contribution in [2.24, 2.45) is 0 Å². The number of fused-ring (bicyclic) bond motifs is 2. The Morgan fingerprint density at radius 2 is 1.76 bits per heavy atom. The fourth-order valence-corrected chi connectivity index (χ4v) is 8.87. The first-order valence-corrected chi connectivity index (χ1v) is 20.4. The van der Waals surface area contributed by atoms with Gasteiger partial charge in [0.1, 0.15) is 35.3 Å². The van der Waals surface area contributed by atoms with E-state index in [1.807, 2.05) is 64.2 Å². The first-order valence-electron chi connectivity index (χ1n) is 17.1. The summed E-state index contributed by atoms with van der Waals surface area (Å²) in [5.41, 5.74) is -0.757. The van der Waals surface area contributed by atoms with Gasteiger partial charge in [-0.15, -0.1) is 0 Å². The molecule has 3 aromatic carbocycles. The molecule has 1 saturated heterocycles. The zero-order valence-electron chi connectivity index (χ0n) is 29.8. The number of benzene rings is 3. The number of carbonyl (C=O) groups is 1. The third kappa shape index (κ3) is 6.09. The highest BCUT2D eigenvalue weighted by Crippen LogP contribution is 2.55. The maximum Gasteiger partial charge on any atom is 0.410 e.